The summed E-state index contributed by atoms with van der Waals surface area (Å²) in [5, 5.41) is 0. The van der Waals surface area contributed by atoms with Gasteiger partial charge in [0, 0.05) is 0 Å². The number of aryl methyl sites for hydroxylation is 1. The van der Waals surface area contributed by atoms with Gasteiger partial charge in [0.2, 0.25) is 0 Å². The van der Waals surface area contributed by atoms with E-state index in [2.05, 4.69) is 32.0 Å². The van der Waals surface area contributed by atoms with Crippen molar-refractivity contribution in [1.82, 2.24) is 0 Å². The molecule has 0 nitrogen and oxygen atoms in total. The molecule has 20 heavy (non-hydrogen) atoms. The van der Waals surface area contributed by atoms with Gasteiger partial charge in [-0.25, -0.2) is 0 Å². The molecule has 0 heteroatoms. The second-order valence-corrected chi connectivity index (χ2v) is 7.17. The molecule has 0 saturated heterocycles. The predicted octanol–water partition coefficient (Wildman–Crippen LogP) is 5.89. The van der Waals surface area contributed by atoms with Crippen LogP contribution in [0.2, 0.25) is 0 Å². The van der Waals surface area contributed by atoms with E-state index in [0.717, 1.165) is 17.8 Å². The SMILES string of the molecule is CCC1CCC(c2ccc3c(c2)CCC(CC)C3)CC1. The number of benzene rings is 1. The molecule has 3 rings (SSSR count). The first-order valence-corrected chi connectivity index (χ1v) is 8.91. The summed E-state index contributed by atoms with van der Waals surface area (Å²) in [4.78, 5) is 0. The first-order chi connectivity index (χ1) is 9.80. The Bertz CT molecular complexity index is 437. The summed E-state index contributed by atoms with van der Waals surface area (Å²) in [6, 6.07) is 7.48. The molecule has 0 spiro atoms. The van der Waals surface area contributed by atoms with Gasteiger partial charge in [-0.2, -0.15) is 0 Å². The molecule has 0 bridgehead atoms. The van der Waals surface area contributed by atoms with E-state index in [0.29, 0.717) is 0 Å². The Kier molecular flexibility index (Phi) is 4.48. The Morgan fingerprint density at radius 1 is 0.850 bits per heavy atom. The highest BCUT2D eigenvalue weighted by Gasteiger charge is 2.23. The quantitative estimate of drug-likeness (QED) is 0.643. The summed E-state index contributed by atoms with van der Waals surface area (Å²) < 4.78 is 0. The third-order valence-corrected chi connectivity index (χ3v) is 6.03. The lowest BCUT2D eigenvalue weighted by Crippen LogP contribution is -2.16. The Morgan fingerprint density at radius 3 is 2.30 bits per heavy atom. The van der Waals surface area contributed by atoms with Crippen molar-refractivity contribution in [1.29, 1.82) is 0 Å². The average molecular weight is 270 g/mol. The standard InChI is InChI=1S/C20H30/c1-3-15-5-8-17(9-6-15)19-12-11-18-13-16(4-2)7-10-20(18)14-19/h11-12,14-17H,3-10,13H2,1-2H3. The number of hydrogen-bond donors (Lipinski definition) is 0. The van der Waals surface area contributed by atoms with Gasteiger partial charge in [0.25, 0.3) is 0 Å². The molecule has 1 saturated carbocycles. The summed E-state index contributed by atoms with van der Waals surface area (Å²) in [5.74, 6) is 2.80. The normalized spacial score (nSPS) is 30.0. The minimum atomic E-state index is 0.854. The van der Waals surface area contributed by atoms with Gasteiger partial charge < -0.3 is 0 Å². The predicted molar refractivity (Wildman–Crippen MR) is 87.2 cm³/mol. The fraction of sp³-hybridized carbons (Fsp3) is 0.700. The van der Waals surface area contributed by atoms with E-state index in [1.54, 1.807) is 16.7 Å². The zero-order chi connectivity index (χ0) is 13.9. The summed E-state index contributed by atoms with van der Waals surface area (Å²) in [7, 11) is 0. The Hall–Kier alpha value is -0.780. The highest BCUT2D eigenvalue weighted by atomic mass is 14.3. The van der Waals surface area contributed by atoms with Crippen LogP contribution in [0, 0.1) is 11.8 Å². The molecule has 110 valence electrons. The fourth-order valence-corrected chi connectivity index (χ4v) is 4.36. The van der Waals surface area contributed by atoms with E-state index in [1.807, 2.05) is 0 Å². The van der Waals surface area contributed by atoms with Crippen molar-refractivity contribution < 1.29 is 0 Å². The van der Waals surface area contributed by atoms with Crippen molar-refractivity contribution in [3.05, 3.63) is 34.9 Å². The van der Waals surface area contributed by atoms with Crippen LogP contribution >= 0.6 is 0 Å². The molecule has 0 radical (unpaired) electrons. The van der Waals surface area contributed by atoms with Gasteiger partial charge in [-0.05, 0) is 79.4 Å². The lowest BCUT2D eigenvalue weighted by Gasteiger charge is -2.30. The molecule has 0 aliphatic heterocycles. The molecular weight excluding hydrogens is 240 g/mol. The number of fused-ring (bicyclic) bond motifs is 1. The molecule has 1 atom stereocenters. The van der Waals surface area contributed by atoms with Crippen molar-refractivity contribution >= 4 is 0 Å². The van der Waals surface area contributed by atoms with Gasteiger partial charge in [-0.15, -0.1) is 0 Å². The second kappa shape index (κ2) is 6.33. The van der Waals surface area contributed by atoms with E-state index in [9.17, 15) is 0 Å². The van der Waals surface area contributed by atoms with E-state index in [4.69, 9.17) is 0 Å². The number of hydrogen-bond acceptors (Lipinski definition) is 0. The van der Waals surface area contributed by atoms with Crippen LogP contribution in [0.3, 0.4) is 0 Å². The summed E-state index contributed by atoms with van der Waals surface area (Å²) in [6.07, 6.45) is 12.6. The van der Waals surface area contributed by atoms with Crippen molar-refractivity contribution in [2.24, 2.45) is 11.8 Å². The zero-order valence-electron chi connectivity index (χ0n) is 13.3. The Morgan fingerprint density at radius 2 is 1.60 bits per heavy atom. The van der Waals surface area contributed by atoms with Crippen molar-refractivity contribution in [2.45, 2.75) is 77.6 Å². The molecule has 1 unspecified atom stereocenters. The fourth-order valence-electron chi connectivity index (χ4n) is 4.36. The van der Waals surface area contributed by atoms with E-state index < -0.39 is 0 Å². The first kappa shape index (κ1) is 14.2. The van der Waals surface area contributed by atoms with Crippen LogP contribution in [0.1, 0.15) is 81.4 Å². The maximum atomic E-state index is 2.57. The first-order valence-electron chi connectivity index (χ1n) is 8.91. The minimum absolute atomic E-state index is 0.854. The van der Waals surface area contributed by atoms with Gasteiger partial charge in [0.15, 0.2) is 0 Å². The molecule has 1 aromatic rings. The minimum Gasteiger partial charge on any atom is -0.0651 e. The van der Waals surface area contributed by atoms with E-state index in [1.165, 1.54) is 57.8 Å². The maximum Gasteiger partial charge on any atom is -0.0162 e. The monoisotopic (exact) mass is 270 g/mol. The lowest BCUT2D eigenvalue weighted by molar-refractivity contribution is 0.318. The molecular formula is C20H30. The van der Waals surface area contributed by atoms with Crippen molar-refractivity contribution in [3.63, 3.8) is 0 Å². The van der Waals surface area contributed by atoms with Crippen LogP contribution in [0.5, 0.6) is 0 Å². The van der Waals surface area contributed by atoms with Gasteiger partial charge in [-0.1, -0.05) is 44.9 Å². The molecule has 1 aromatic carbocycles. The summed E-state index contributed by atoms with van der Waals surface area (Å²) in [5.41, 5.74) is 4.96. The van der Waals surface area contributed by atoms with Gasteiger partial charge >= 0.3 is 0 Å². The van der Waals surface area contributed by atoms with Crippen molar-refractivity contribution in [2.75, 3.05) is 0 Å². The van der Waals surface area contributed by atoms with Crippen LogP contribution in [0.15, 0.2) is 18.2 Å². The molecule has 0 N–H and O–H groups in total. The maximum absolute atomic E-state index is 2.57. The molecule has 1 fully saturated rings. The lowest BCUT2D eigenvalue weighted by atomic mass is 9.76. The zero-order valence-corrected chi connectivity index (χ0v) is 13.3. The molecule has 2 aliphatic rings. The van der Waals surface area contributed by atoms with Gasteiger partial charge in [-0.3, -0.25) is 0 Å². The largest absolute Gasteiger partial charge is 0.0651 e. The smallest absolute Gasteiger partial charge is 0.0162 e. The van der Waals surface area contributed by atoms with Crippen LogP contribution in [0.25, 0.3) is 0 Å². The van der Waals surface area contributed by atoms with Gasteiger partial charge in [0.1, 0.15) is 0 Å². The third kappa shape index (κ3) is 2.95. The van der Waals surface area contributed by atoms with Crippen LogP contribution < -0.4 is 0 Å². The Balaban J connectivity index is 1.70. The highest BCUT2D eigenvalue weighted by Crippen LogP contribution is 2.38. The van der Waals surface area contributed by atoms with Gasteiger partial charge in [0.05, 0.1) is 0 Å². The molecule has 0 amide bonds. The number of rotatable bonds is 3. The van der Waals surface area contributed by atoms with Crippen molar-refractivity contribution in [3.8, 4) is 0 Å². The second-order valence-electron chi connectivity index (χ2n) is 7.17. The molecule has 0 aromatic heterocycles. The van der Waals surface area contributed by atoms with E-state index >= 15 is 0 Å². The topological polar surface area (TPSA) is 0 Å². The highest BCUT2D eigenvalue weighted by molar-refractivity contribution is 5.36. The molecule has 2 aliphatic carbocycles. The van der Waals surface area contributed by atoms with Crippen LogP contribution in [-0.2, 0) is 12.8 Å². The third-order valence-electron chi connectivity index (χ3n) is 6.03. The Labute approximate surface area is 125 Å². The van der Waals surface area contributed by atoms with Crippen LogP contribution in [0.4, 0.5) is 0 Å². The average Bonchev–Trinajstić information content (AvgIpc) is 2.54. The molecule has 0 heterocycles. The summed E-state index contributed by atoms with van der Waals surface area (Å²) in [6.45, 7) is 4.70. The van der Waals surface area contributed by atoms with E-state index in [-0.39, 0.29) is 0 Å². The van der Waals surface area contributed by atoms with Crippen LogP contribution in [-0.4, -0.2) is 0 Å². The summed E-state index contributed by atoms with van der Waals surface area (Å²) >= 11 is 0.